The van der Waals surface area contributed by atoms with Crippen LogP contribution < -0.4 is 0 Å². The van der Waals surface area contributed by atoms with E-state index in [2.05, 4.69) is 9.89 Å². The normalized spacial score (nSPS) is 11.1. The zero-order valence-corrected chi connectivity index (χ0v) is 8.51. The van der Waals surface area contributed by atoms with Gasteiger partial charge in [-0.25, -0.2) is 4.79 Å². The molecule has 2 aromatic rings. The van der Waals surface area contributed by atoms with E-state index in [4.69, 9.17) is 9.62 Å². The number of methoxy groups -OCH3 is 1. The van der Waals surface area contributed by atoms with Gasteiger partial charge in [-0.05, 0) is 24.3 Å². The monoisotopic (exact) mass is 219 g/mol. The summed E-state index contributed by atoms with van der Waals surface area (Å²) in [5, 5.41) is 12.0. The molecule has 82 valence electrons. The van der Waals surface area contributed by atoms with Crippen LogP contribution in [0.15, 0.2) is 33.8 Å². The second-order valence-corrected chi connectivity index (χ2v) is 3.14. The molecule has 0 bridgehead atoms. The molecule has 5 nitrogen and oxygen atoms in total. The second kappa shape index (κ2) is 4.06. The summed E-state index contributed by atoms with van der Waals surface area (Å²) in [5.41, 5.74) is 1.06. The summed E-state index contributed by atoms with van der Waals surface area (Å²) >= 11 is 0. The number of furan rings is 1. The van der Waals surface area contributed by atoms with Crippen molar-refractivity contribution in [2.45, 2.75) is 0 Å². The number of esters is 1. The SMILES string of the molecule is COC(=O)c1ccc2oc(/C=N/O)cc2c1. The molecule has 1 N–H and O–H groups in total. The number of nitrogens with zero attached hydrogens (tertiary/aromatic N) is 1. The minimum absolute atomic E-state index is 0.402. The van der Waals surface area contributed by atoms with Crippen LogP contribution in [0.4, 0.5) is 0 Å². The Bertz CT molecular complexity index is 556. The van der Waals surface area contributed by atoms with E-state index in [1.54, 1.807) is 24.3 Å². The number of carbonyl (C=O) groups excluding carboxylic acids is 1. The lowest BCUT2D eigenvalue weighted by atomic mass is 10.1. The molecule has 1 heterocycles. The van der Waals surface area contributed by atoms with E-state index in [-0.39, 0.29) is 0 Å². The Kier molecular flexibility index (Phi) is 2.59. The molecule has 0 amide bonds. The molecule has 1 aromatic carbocycles. The second-order valence-electron chi connectivity index (χ2n) is 3.14. The Labute approximate surface area is 90.9 Å². The molecule has 0 aliphatic carbocycles. The first-order valence-corrected chi connectivity index (χ1v) is 4.54. The largest absolute Gasteiger partial charge is 0.465 e. The zero-order valence-electron chi connectivity index (χ0n) is 8.51. The van der Waals surface area contributed by atoms with Crippen molar-refractivity contribution in [2.24, 2.45) is 5.16 Å². The topological polar surface area (TPSA) is 72.0 Å². The number of ether oxygens (including phenoxy) is 1. The predicted octanol–water partition coefficient (Wildman–Crippen LogP) is 2.03. The number of fused-ring (bicyclic) bond motifs is 1. The molecule has 0 aliphatic heterocycles. The summed E-state index contributed by atoms with van der Waals surface area (Å²) in [6.07, 6.45) is 1.18. The first-order valence-electron chi connectivity index (χ1n) is 4.54. The van der Waals surface area contributed by atoms with Gasteiger partial charge in [-0.1, -0.05) is 5.16 Å². The van der Waals surface area contributed by atoms with Crippen molar-refractivity contribution >= 4 is 23.2 Å². The minimum atomic E-state index is -0.402. The lowest BCUT2D eigenvalue weighted by Gasteiger charge is -1.97. The van der Waals surface area contributed by atoms with Gasteiger partial charge in [0.15, 0.2) is 0 Å². The molecule has 0 atom stereocenters. The average molecular weight is 219 g/mol. The van der Waals surface area contributed by atoms with Gasteiger partial charge in [-0.3, -0.25) is 0 Å². The number of oxime groups is 1. The van der Waals surface area contributed by atoms with Crippen molar-refractivity contribution in [3.8, 4) is 0 Å². The lowest BCUT2D eigenvalue weighted by molar-refractivity contribution is 0.0601. The standard InChI is InChI=1S/C11H9NO4/c1-15-11(13)7-2-3-10-8(4-7)5-9(16-10)6-12-14/h2-6,14H,1H3/b12-6+. The van der Waals surface area contributed by atoms with Gasteiger partial charge in [-0.15, -0.1) is 0 Å². The highest BCUT2D eigenvalue weighted by molar-refractivity contribution is 5.95. The summed E-state index contributed by atoms with van der Waals surface area (Å²) in [7, 11) is 1.33. The van der Waals surface area contributed by atoms with Crippen molar-refractivity contribution in [1.82, 2.24) is 0 Å². The van der Waals surface area contributed by atoms with Gasteiger partial charge in [-0.2, -0.15) is 0 Å². The molecule has 0 aliphatic rings. The highest BCUT2D eigenvalue weighted by Crippen LogP contribution is 2.20. The molecule has 2 rings (SSSR count). The number of hydrogen-bond acceptors (Lipinski definition) is 5. The van der Waals surface area contributed by atoms with Crippen molar-refractivity contribution in [2.75, 3.05) is 7.11 Å². The third-order valence-corrected chi connectivity index (χ3v) is 2.14. The molecule has 0 radical (unpaired) electrons. The van der Waals surface area contributed by atoms with Crippen molar-refractivity contribution < 1.29 is 19.2 Å². The van der Waals surface area contributed by atoms with Crippen LogP contribution in [0.1, 0.15) is 16.1 Å². The predicted molar refractivity (Wildman–Crippen MR) is 56.9 cm³/mol. The first-order chi connectivity index (χ1) is 7.74. The van der Waals surface area contributed by atoms with Gasteiger partial charge >= 0.3 is 5.97 Å². The number of hydrogen-bond donors (Lipinski definition) is 1. The molecule has 0 saturated carbocycles. The van der Waals surface area contributed by atoms with Crippen LogP contribution >= 0.6 is 0 Å². The van der Waals surface area contributed by atoms with Gasteiger partial charge in [0.05, 0.1) is 12.7 Å². The molecule has 0 unspecified atom stereocenters. The summed E-state index contributed by atoms with van der Waals surface area (Å²) in [6, 6.07) is 6.59. The van der Waals surface area contributed by atoms with Crippen molar-refractivity contribution in [1.29, 1.82) is 0 Å². The maximum atomic E-state index is 11.3. The van der Waals surface area contributed by atoms with E-state index >= 15 is 0 Å². The van der Waals surface area contributed by atoms with Crippen LogP contribution in [0.5, 0.6) is 0 Å². The number of benzene rings is 1. The number of rotatable bonds is 2. The third kappa shape index (κ3) is 1.75. The molecular weight excluding hydrogens is 210 g/mol. The van der Waals surface area contributed by atoms with E-state index in [9.17, 15) is 4.79 Å². The molecule has 5 heteroatoms. The number of carbonyl (C=O) groups is 1. The molecular formula is C11H9NO4. The Balaban J connectivity index is 2.49. The summed E-state index contributed by atoms with van der Waals surface area (Å²) < 4.78 is 9.92. The summed E-state index contributed by atoms with van der Waals surface area (Å²) in [4.78, 5) is 11.3. The van der Waals surface area contributed by atoms with Crippen LogP contribution in [0, 0.1) is 0 Å². The maximum Gasteiger partial charge on any atom is 0.337 e. The van der Waals surface area contributed by atoms with Gasteiger partial charge in [0.1, 0.15) is 17.6 Å². The van der Waals surface area contributed by atoms with E-state index in [1.165, 1.54) is 13.3 Å². The van der Waals surface area contributed by atoms with E-state index in [0.29, 0.717) is 16.9 Å². The molecule has 16 heavy (non-hydrogen) atoms. The maximum absolute atomic E-state index is 11.3. The van der Waals surface area contributed by atoms with Gasteiger partial charge in [0, 0.05) is 5.39 Å². The molecule has 0 spiro atoms. The Hall–Kier alpha value is -2.30. The molecule has 0 fully saturated rings. The Morgan fingerprint density at radius 2 is 2.31 bits per heavy atom. The highest BCUT2D eigenvalue weighted by atomic mass is 16.5. The van der Waals surface area contributed by atoms with Crippen LogP contribution in [0.3, 0.4) is 0 Å². The highest BCUT2D eigenvalue weighted by Gasteiger charge is 2.08. The van der Waals surface area contributed by atoms with Gasteiger partial charge < -0.3 is 14.4 Å². The van der Waals surface area contributed by atoms with Crippen molar-refractivity contribution in [3.05, 3.63) is 35.6 Å². The fourth-order valence-corrected chi connectivity index (χ4v) is 1.43. The molecule has 0 saturated heterocycles. The summed E-state index contributed by atoms with van der Waals surface area (Å²) in [6.45, 7) is 0. The minimum Gasteiger partial charge on any atom is -0.465 e. The van der Waals surface area contributed by atoms with Crippen molar-refractivity contribution in [3.63, 3.8) is 0 Å². The van der Waals surface area contributed by atoms with Crippen LogP contribution in [0.25, 0.3) is 11.0 Å². The summed E-state index contributed by atoms with van der Waals surface area (Å²) in [5.74, 6) is 0.0139. The smallest absolute Gasteiger partial charge is 0.337 e. The Morgan fingerprint density at radius 1 is 1.50 bits per heavy atom. The fraction of sp³-hybridized carbons (Fsp3) is 0.0909. The van der Waals surface area contributed by atoms with Crippen LogP contribution in [-0.4, -0.2) is 24.5 Å². The van der Waals surface area contributed by atoms with Gasteiger partial charge in [0.25, 0.3) is 0 Å². The fourth-order valence-electron chi connectivity index (χ4n) is 1.43. The van der Waals surface area contributed by atoms with Crippen LogP contribution in [-0.2, 0) is 4.74 Å². The van der Waals surface area contributed by atoms with Gasteiger partial charge in [0.2, 0.25) is 0 Å². The Morgan fingerprint density at radius 3 is 3.00 bits per heavy atom. The zero-order chi connectivity index (χ0) is 11.5. The molecule has 1 aromatic heterocycles. The average Bonchev–Trinajstić information content (AvgIpc) is 2.69. The van der Waals surface area contributed by atoms with E-state index < -0.39 is 5.97 Å². The third-order valence-electron chi connectivity index (χ3n) is 2.14. The van der Waals surface area contributed by atoms with E-state index in [0.717, 1.165) is 5.39 Å². The van der Waals surface area contributed by atoms with Crippen LogP contribution in [0.2, 0.25) is 0 Å². The lowest BCUT2D eigenvalue weighted by Crippen LogP contribution is -1.99. The quantitative estimate of drug-likeness (QED) is 0.363. The van der Waals surface area contributed by atoms with E-state index in [1.807, 2.05) is 0 Å². The first kappa shape index (κ1) is 10.2.